The van der Waals surface area contributed by atoms with Crippen LogP contribution in [-0.4, -0.2) is 62.5 Å². The van der Waals surface area contributed by atoms with Crippen LogP contribution < -0.4 is 15.1 Å². The van der Waals surface area contributed by atoms with E-state index in [1.807, 2.05) is 0 Å². The summed E-state index contributed by atoms with van der Waals surface area (Å²) in [6.45, 7) is 18.5. The second kappa shape index (κ2) is 7.08. The fourth-order valence-corrected chi connectivity index (χ4v) is 3.66. The summed E-state index contributed by atoms with van der Waals surface area (Å²) in [6, 6.07) is 2.10. The Balaban J connectivity index is 1.87. The molecule has 0 atom stereocenters. The lowest BCUT2D eigenvalue weighted by Gasteiger charge is -2.32. The van der Waals surface area contributed by atoms with Crippen molar-refractivity contribution in [2.75, 3.05) is 62.3 Å². The monoisotopic (exact) mass is 347 g/mol. The summed E-state index contributed by atoms with van der Waals surface area (Å²) in [4.78, 5) is 14.4. The first-order valence-electron chi connectivity index (χ1n) is 9.38. The van der Waals surface area contributed by atoms with Gasteiger partial charge in [-0.1, -0.05) is 27.7 Å². The summed E-state index contributed by atoms with van der Waals surface area (Å²) in [6.07, 6.45) is 0. The van der Waals surface area contributed by atoms with E-state index in [4.69, 9.17) is 14.7 Å². The van der Waals surface area contributed by atoms with Crippen LogP contribution in [0.15, 0.2) is 6.07 Å². The van der Waals surface area contributed by atoms with Crippen molar-refractivity contribution in [2.45, 2.75) is 34.6 Å². The van der Waals surface area contributed by atoms with Crippen LogP contribution >= 0.6 is 0 Å². The predicted octanol–water partition coefficient (Wildman–Crippen LogP) is 2.08. The molecule has 25 heavy (non-hydrogen) atoms. The number of ether oxygens (including phenoxy) is 1. The number of aryl methyl sites for hydroxylation is 1. The average Bonchev–Trinajstić information content (AvgIpc) is 2.81. The van der Waals surface area contributed by atoms with Gasteiger partial charge in [0.2, 0.25) is 5.95 Å². The minimum absolute atomic E-state index is 0.129. The van der Waals surface area contributed by atoms with E-state index < -0.39 is 0 Å². The SMILES string of the molecule is Cc1cc(N2CCOCC(C)(C)C2)nc(N2CCNCC(C)(C)C2)n1. The van der Waals surface area contributed by atoms with Crippen LogP contribution in [0.2, 0.25) is 0 Å². The van der Waals surface area contributed by atoms with Gasteiger partial charge in [0.25, 0.3) is 0 Å². The largest absolute Gasteiger partial charge is 0.379 e. The first-order chi connectivity index (χ1) is 11.7. The number of nitrogens with zero attached hydrogens (tertiary/aromatic N) is 4. The fraction of sp³-hybridized carbons (Fsp3) is 0.789. The molecule has 3 heterocycles. The number of aromatic nitrogens is 2. The molecular weight excluding hydrogens is 314 g/mol. The molecule has 6 nitrogen and oxygen atoms in total. The zero-order valence-corrected chi connectivity index (χ0v) is 16.4. The third kappa shape index (κ3) is 4.82. The van der Waals surface area contributed by atoms with Gasteiger partial charge < -0.3 is 19.9 Å². The van der Waals surface area contributed by atoms with Crippen LogP contribution in [0.4, 0.5) is 11.8 Å². The topological polar surface area (TPSA) is 53.5 Å². The Morgan fingerprint density at radius 1 is 1.04 bits per heavy atom. The van der Waals surface area contributed by atoms with Gasteiger partial charge in [-0.15, -0.1) is 0 Å². The third-order valence-electron chi connectivity index (χ3n) is 4.83. The Bertz CT molecular complexity index is 553. The molecule has 1 N–H and O–H groups in total. The normalized spacial score (nSPS) is 23.9. The molecule has 2 aliphatic rings. The lowest BCUT2D eigenvalue weighted by atomic mass is 9.93. The van der Waals surface area contributed by atoms with Crippen molar-refractivity contribution < 1.29 is 4.74 Å². The highest BCUT2D eigenvalue weighted by molar-refractivity contribution is 5.46. The van der Waals surface area contributed by atoms with Gasteiger partial charge >= 0.3 is 0 Å². The quantitative estimate of drug-likeness (QED) is 0.884. The summed E-state index contributed by atoms with van der Waals surface area (Å²) in [5.41, 5.74) is 1.37. The molecule has 1 aromatic heterocycles. The van der Waals surface area contributed by atoms with Crippen LogP contribution in [0, 0.1) is 17.8 Å². The Labute approximate surface area is 152 Å². The molecule has 140 valence electrons. The van der Waals surface area contributed by atoms with E-state index in [1.54, 1.807) is 0 Å². The van der Waals surface area contributed by atoms with E-state index in [0.29, 0.717) is 0 Å². The van der Waals surface area contributed by atoms with Crippen molar-refractivity contribution >= 4 is 11.8 Å². The maximum absolute atomic E-state index is 5.78. The summed E-state index contributed by atoms with van der Waals surface area (Å²) >= 11 is 0. The van der Waals surface area contributed by atoms with Crippen molar-refractivity contribution in [1.82, 2.24) is 15.3 Å². The van der Waals surface area contributed by atoms with E-state index in [-0.39, 0.29) is 10.8 Å². The molecule has 0 bridgehead atoms. The van der Waals surface area contributed by atoms with E-state index in [1.165, 1.54) is 0 Å². The van der Waals surface area contributed by atoms with E-state index in [2.05, 4.69) is 55.8 Å². The molecule has 6 heteroatoms. The molecule has 0 unspecified atom stereocenters. The number of nitrogens with one attached hydrogen (secondary N) is 1. The van der Waals surface area contributed by atoms with E-state index in [0.717, 1.165) is 69.9 Å². The highest BCUT2D eigenvalue weighted by Crippen LogP contribution is 2.27. The molecule has 3 rings (SSSR count). The Morgan fingerprint density at radius 3 is 2.60 bits per heavy atom. The van der Waals surface area contributed by atoms with Crippen LogP contribution in [0.5, 0.6) is 0 Å². The highest BCUT2D eigenvalue weighted by atomic mass is 16.5. The summed E-state index contributed by atoms with van der Waals surface area (Å²) < 4.78 is 5.78. The van der Waals surface area contributed by atoms with Crippen molar-refractivity contribution in [2.24, 2.45) is 10.8 Å². The van der Waals surface area contributed by atoms with E-state index in [9.17, 15) is 0 Å². The molecule has 2 aliphatic heterocycles. The Hall–Kier alpha value is -1.40. The van der Waals surface area contributed by atoms with Gasteiger partial charge in [0.15, 0.2) is 0 Å². The first-order valence-corrected chi connectivity index (χ1v) is 9.38. The van der Waals surface area contributed by atoms with Gasteiger partial charge in [-0.2, -0.15) is 4.98 Å². The molecule has 0 aromatic carbocycles. The summed E-state index contributed by atoms with van der Waals surface area (Å²) in [5.74, 6) is 1.88. The minimum atomic E-state index is 0.129. The van der Waals surface area contributed by atoms with Gasteiger partial charge in [0, 0.05) is 56.4 Å². The number of hydrogen-bond donors (Lipinski definition) is 1. The summed E-state index contributed by atoms with van der Waals surface area (Å²) in [7, 11) is 0. The second-order valence-electron chi connectivity index (χ2n) is 9.07. The third-order valence-corrected chi connectivity index (χ3v) is 4.83. The predicted molar refractivity (Wildman–Crippen MR) is 102 cm³/mol. The van der Waals surface area contributed by atoms with Crippen molar-refractivity contribution in [1.29, 1.82) is 0 Å². The van der Waals surface area contributed by atoms with E-state index >= 15 is 0 Å². The van der Waals surface area contributed by atoms with Crippen LogP contribution in [0.25, 0.3) is 0 Å². The van der Waals surface area contributed by atoms with Crippen molar-refractivity contribution in [3.63, 3.8) is 0 Å². The molecule has 1 aromatic rings. The van der Waals surface area contributed by atoms with Crippen LogP contribution in [-0.2, 0) is 4.74 Å². The average molecular weight is 348 g/mol. The Morgan fingerprint density at radius 2 is 1.80 bits per heavy atom. The molecule has 2 saturated heterocycles. The van der Waals surface area contributed by atoms with Crippen molar-refractivity contribution in [3.05, 3.63) is 11.8 Å². The zero-order chi connectivity index (χ0) is 18.1. The Kier molecular flexibility index (Phi) is 5.21. The van der Waals surface area contributed by atoms with Gasteiger partial charge in [-0.3, -0.25) is 0 Å². The summed E-state index contributed by atoms with van der Waals surface area (Å²) in [5, 5.41) is 3.52. The standard InChI is InChI=1S/C19H33N5O/c1-15-10-16(23-8-9-25-14-19(4,5)13-23)22-17(21-15)24-7-6-20-11-18(2,3)12-24/h10,20H,6-9,11-14H2,1-5H3. The minimum Gasteiger partial charge on any atom is -0.379 e. The molecule has 0 spiro atoms. The van der Waals surface area contributed by atoms with Crippen LogP contribution in [0.1, 0.15) is 33.4 Å². The number of hydrogen-bond acceptors (Lipinski definition) is 6. The fourth-order valence-electron chi connectivity index (χ4n) is 3.66. The molecular formula is C19H33N5O. The first kappa shape index (κ1) is 18.4. The highest BCUT2D eigenvalue weighted by Gasteiger charge is 2.29. The molecule has 0 saturated carbocycles. The molecule has 2 fully saturated rings. The van der Waals surface area contributed by atoms with Crippen molar-refractivity contribution in [3.8, 4) is 0 Å². The maximum atomic E-state index is 5.78. The van der Waals surface area contributed by atoms with Gasteiger partial charge in [0.05, 0.1) is 13.2 Å². The second-order valence-corrected chi connectivity index (χ2v) is 9.07. The molecule has 0 amide bonds. The smallest absolute Gasteiger partial charge is 0.227 e. The van der Waals surface area contributed by atoms with Gasteiger partial charge in [0.1, 0.15) is 5.82 Å². The molecule has 0 aliphatic carbocycles. The lowest BCUT2D eigenvalue weighted by molar-refractivity contribution is 0.0893. The maximum Gasteiger partial charge on any atom is 0.227 e. The number of rotatable bonds is 2. The van der Waals surface area contributed by atoms with Gasteiger partial charge in [-0.05, 0) is 12.3 Å². The van der Waals surface area contributed by atoms with Gasteiger partial charge in [-0.25, -0.2) is 4.98 Å². The van der Waals surface area contributed by atoms with Crippen LogP contribution in [0.3, 0.4) is 0 Å². The lowest BCUT2D eigenvalue weighted by Crippen LogP contribution is -2.38. The number of anilines is 2. The molecule has 0 radical (unpaired) electrons. The zero-order valence-electron chi connectivity index (χ0n) is 16.4.